The minimum absolute atomic E-state index is 0.144. The molecular formula is C18H19FN2O4. The molecule has 0 aliphatic carbocycles. The van der Waals surface area contributed by atoms with Crippen LogP contribution in [0.2, 0.25) is 0 Å². The molecule has 0 bridgehead atoms. The van der Waals surface area contributed by atoms with E-state index in [2.05, 4.69) is 0 Å². The standard InChI is InChI=1S/C18H19FN2O4/c1-21(9-10-24-16-8-3-2-7-15(16)19)18(23)13-5-4-6-14(11-13)25-12-17(20)22/h2-8,11H,9-10,12H2,1H3,(H2,20,22). The van der Waals surface area contributed by atoms with Gasteiger partial charge in [-0.25, -0.2) is 4.39 Å². The zero-order valence-electron chi connectivity index (χ0n) is 13.8. The first-order valence-electron chi connectivity index (χ1n) is 7.61. The first-order chi connectivity index (χ1) is 12.0. The second-order valence-corrected chi connectivity index (χ2v) is 5.29. The van der Waals surface area contributed by atoms with Crippen LogP contribution in [0.3, 0.4) is 0 Å². The quantitative estimate of drug-likeness (QED) is 0.791. The average Bonchev–Trinajstić information content (AvgIpc) is 2.61. The molecule has 0 saturated carbocycles. The minimum atomic E-state index is -0.598. The number of benzene rings is 2. The zero-order valence-corrected chi connectivity index (χ0v) is 13.8. The van der Waals surface area contributed by atoms with Crippen LogP contribution in [-0.4, -0.2) is 43.5 Å². The summed E-state index contributed by atoms with van der Waals surface area (Å²) in [6, 6.07) is 12.5. The number of hydrogen-bond donors (Lipinski definition) is 1. The molecule has 0 aromatic heterocycles. The van der Waals surface area contributed by atoms with Crippen molar-refractivity contribution in [2.45, 2.75) is 0 Å². The highest BCUT2D eigenvalue weighted by molar-refractivity contribution is 5.94. The fourth-order valence-corrected chi connectivity index (χ4v) is 2.05. The van der Waals surface area contributed by atoms with Gasteiger partial charge in [-0.1, -0.05) is 18.2 Å². The molecule has 132 valence electrons. The van der Waals surface area contributed by atoms with Crippen molar-refractivity contribution in [3.8, 4) is 11.5 Å². The molecular weight excluding hydrogens is 327 g/mol. The molecule has 0 radical (unpaired) electrons. The normalized spacial score (nSPS) is 10.2. The maximum atomic E-state index is 13.5. The number of hydrogen-bond acceptors (Lipinski definition) is 4. The summed E-state index contributed by atoms with van der Waals surface area (Å²) in [7, 11) is 1.62. The summed E-state index contributed by atoms with van der Waals surface area (Å²) in [5, 5.41) is 0. The molecule has 0 fully saturated rings. The van der Waals surface area contributed by atoms with Gasteiger partial charge in [-0.05, 0) is 30.3 Å². The number of ether oxygens (including phenoxy) is 2. The molecule has 6 nitrogen and oxygen atoms in total. The van der Waals surface area contributed by atoms with Gasteiger partial charge in [0.05, 0.1) is 6.54 Å². The minimum Gasteiger partial charge on any atom is -0.489 e. The van der Waals surface area contributed by atoms with Gasteiger partial charge in [-0.15, -0.1) is 0 Å². The van der Waals surface area contributed by atoms with Crippen molar-refractivity contribution in [1.82, 2.24) is 4.90 Å². The van der Waals surface area contributed by atoms with Gasteiger partial charge in [-0.3, -0.25) is 9.59 Å². The van der Waals surface area contributed by atoms with E-state index in [1.54, 1.807) is 37.4 Å². The lowest BCUT2D eigenvalue weighted by Gasteiger charge is -2.18. The molecule has 2 rings (SSSR count). The zero-order chi connectivity index (χ0) is 18.2. The van der Waals surface area contributed by atoms with Gasteiger partial charge in [0.15, 0.2) is 18.2 Å². The Morgan fingerprint density at radius 1 is 1.12 bits per heavy atom. The molecule has 0 saturated heterocycles. The third kappa shape index (κ3) is 5.49. The number of halogens is 1. The second kappa shape index (κ2) is 8.68. The van der Waals surface area contributed by atoms with E-state index in [0.29, 0.717) is 11.3 Å². The smallest absolute Gasteiger partial charge is 0.255 e. The molecule has 0 aliphatic heterocycles. The fraction of sp³-hybridized carbons (Fsp3) is 0.222. The Labute approximate surface area is 144 Å². The molecule has 2 aromatic rings. The number of para-hydroxylation sites is 1. The number of nitrogens with two attached hydrogens (primary N) is 1. The average molecular weight is 346 g/mol. The van der Waals surface area contributed by atoms with Crippen molar-refractivity contribution in [3.05, 3.63) is 59.9 Å². The molecule has 25 heavy (non-hydrogen) atoms. The van der Waals surface area contributed by atoms with Crippen molar-refractivity contribution in [3.63, 3.8) is 0 Å². The van der Waals surface area contributed by atoms with Gasteiger partial charge in [0, 0.05) is 12.6 Å². The van der Waals surface area contributed by atoms with Crippen LogP contribution in [0.4, 0.5) is 4.39 Å². The molecule has 2 aromatic carbocycles. The van der Waals surface area contributed by atoms with Crippen molar-refractivity contribution in [2.75, 3.05) is 26.8 Å². The van der Waals surface area contributed by atoms with E-state index in [0.717, 1.165) is 0 Å². The Kier molecular flexibility index (Phi) is 6.33. The van der Waals surface area contributed by atoms with Crippen LogP contribution in [0.1, 0.15) is 10.4 Å². The third-order valence-corrected chi connectivity index (χ3v) is 3.33. The van der Waals surface area contributed by atoms with E-state index in [1.165, 1.54) is 23.1 Å². The van der Waals surface area contributed by atoms with Gasteiger partial charge in [0.1, 0.15) is 12.4 Å². The van der Waals surface area contributed by atoms with E-state index in [1.807, 2.05) is 0 Å². The molecule has 0 spiro atoms. The number of carbonyl (C=O) groups is 2. The van der Waals surface area contributed by atoms with E-state index in [9.17, 15) is 14.0 Å². The Hall–Kier alpha value is -3.09. The first kappa shape index (κ1) is 18.3. The summed E-state index contributed by atoms with van der Waals surface area (Å²) in [6.45, 7) is 0.171. The summed E-state index contributed by atoms with van der Waals surface area (Å²) < 4.78 is 24.0. The highest BCUT2D eigenvalue weighted by Gasteiger charge is 2.13. The number of rotatable bonds is 8. The van der Waals surface area contributed by atoms with Gasteiger partial charge >= 0.3 is 0 Å². The van der Waals surface area contributed by atoms with Crippen molar-refractivity contribution >= 4 is 11.8 Å². The molecule has 7 heteroatoms. The molecule has 0 aliphatic rings. The topological polar surface area (TPSA) is 81.9 Å². The molecule has 0 unspecified atom stereocenters. The summed E-state index contributed by atoms with van der Waals surface area (Å²) in [4.78, 5) is 24.6. The maximum absolute atomic E-state index is 13.5. The van der Waals surface area contributed by atoms with Crippen molar-refractivity contribution in [1.29, 1.82) is 0 Å². The van der Waals surface area contributed by atoms with Gasteiger partial charge in [-0.2, -0.15) is 0 Å². The second-order valence-electron chi connectivity index (χ2n) is 5.29. The van der Waals surface area contributed by atoms with Crippen LogP contribution >= 0.6 is 0 Å². The molecule has 0 heterocycles. The highest BCUT2D eigenvalue weighted by atomic mass is 19.1. The number of likely N-dealkylation sites (N-methyl/N-ethyl adjacent to an activating group) is 1. The highest BCUT2D eigenvalue weighted by Crippen LogP contribution is 2.16. The predicted octanol–water partition coefficient (Wildman–Crippen LogP) is 1.84. The number of primary amides is 1. The molecule has 2 amide bonds. The summed E-state index contributed by atoms with van der Waals surface area (Å²) in [6.07, 6.45) is 0. The fourth-order valence-electron chi connectivity index (χ4n) is 2.05. The Balaban J connectivity index is 1.90. The summed E-state index contributed by atoms with van der Waals surface area (Å²) in [5.74, 6) is -0.776. The number of nitrogens with zero attached hydrogens (tertiary/aromatic N) is 1. The predicted molar refractivity (Wildman–Crippen MR) is 90.0 cm³/mol. The van der Waals surface area contributed by atoms with Crippen LogP contribution in [0.25, 0.3) is 0 Å². The lowest BCUT2D eigenvalue weighted by molar-refractivity contribution is -0.119. The van der Waals surface area contributed by atoms with Crippen LogP contribution in [-0.2, 0) is 4.79 Å². The largest absolute Gasteiger partial charge is 0.489 e. The summed E-state index contributed by atoms with van der Waals surface area (Å²) >= 11 is 0. The Bertz CT molecular complexity index is 751. The maximum Gasteiger partial charge on any atom is 0.255 e. The van der Waals surface area contributed by atoms with E-state index in [-0.39, 0.29) is 31.4 Å². The van der Waals surface area contributed by atoms with Gasteiger partial charge < -0.3 is 20.1 Å². The van der Waals surface area contributed by atoms with Crippen LogP contribution in [0, 0.1) is 5.82 Å². The first-order valence-corrected chi connectivity index (χ1v) is 7.61. The lowest BCUT2D eigenvalue weighted by Crippen LogP contribution is -2.31. The van der Waals surface area contributed by atoms with Crippen LogP contribution in [0.5, 0.6) is 11.5 Å². The third-order valence-electron chi connectivity index (χ3n) is 3.33. The van der Waals surface area contributed by atoms with E-state index in [4.69, 9.17) is 15.2 Å². The van der Waals surface area contributed by atoms with Gasteiger partial charge in [0.2, 0.25) is 0 Å². The van der Waals surface area contributed by atoms with Crippen LogP contribution in [0.15, 0.2) is 48.5 Å². The molecule has 0 atom stereocenters. The monoisotopic (exact) mass is 346 g/mol. The molecule has 2 N–H and O–H groups in total. The van der Waals surface area contributed by atoms with Crippen LogP contribution < -0.4 is 15.2 Å². The van der Waals surface area contributed by atoms with E-state index >= 15 is 0 Å². The van der Waals surface area contributed by atoms with Gasteiger partial charge in [0.25, 0.3) is 11.8 Å². The Morgan fingerprint density at radius 3 is 2.60 bits per heavy atom. The Morgan fingerprint density at radius 2 is 1.88 bits per heavy atom. The number of amides is 2. The lowest BCUT2D eigenvalue weighted by atomic mass is 10.2. The van der Waals surface area contributed by atoms with Crippen molar-refractivity contribution < 1.29 is 23.5 Å². The number of carbonyl (C=O) groups excluding carboxylic acids is 2. The van der Waals surface area contributed by atoms with E-state index < -0.39 is 11.7 Å². The summed E-state index contributed by atoms with van der Waals surface area (Å²) in [5.41, 5.74) is 5.42. The van der Waals surface area contributed by atoms with Crippen molar-refractivity contribution in [2.24, 2.45) is 5.73 Å². The SMILES string of the molecule is CN(CCOc1ccccc1F)C(=O)c1cccc(OCC(N)=O)c1.